The molecule has 36 heavy (non-hydrogen) atoms. The molecular weight excluding hydrogens is 452 g/mol. The van der Waals surface area contributed by atoms with Crippen LogP contribution in [-0.2, 0) is 14.3 Å². The number of hydrogen-bond acceptors (Lipinski definition) is 5. The normalized spacial score (nSPS) is 39.4. The van der Waals surface area contributed by atoms with Gasteiger partial charge in [0.1, 0.15) is 6.61 Å². The first-order valence-corrected chi connectivity index (χ1v) is 14.6. The third-order valence-electron chi connectivity index (χ3n) is 9.97. The van der Waals surface area contributed by atoms with Crippen LogP contribution >= 0.6 is 0 Å². The van der Waals surface area contributed by atoms with Crippen LogP contribution in [-0.4, -0.2) is 86.2 Å². The molecule has 9 unspecified atom stereocenters. The fourth-order valence-electron chi connectivity index (χ4n) is 8.73. The smallest absolute Gasteiger partial charge is 0.246 e. The van der Waals surface area contributed by atoms with E-state index in [9.17, 15) is 9.59 Å². The molecule has 0 spiro atoms. The molecule has 0 aromatic heterocycles. The third-order valence-corrected chi connectivity index (χ3v) is 9.97. The van der Waals surface area contributed by atoms with Gasteiger partial charge in [0.2, 0.25) is 11.8 Å². The van der Waals surface area contributed by atoms with Crippen molar-refractivity contribution in [2.24, 2.45) is 29.6 Å². The fourth-order valence-corrected chi connectivity index (χ4v) is 8.73. The number of carbonyl (C=O) groups excluding carboxylic acids is 2. The number of ether oxygens (including phenoxy) is 1. The van der Waals surface area contributed by atoms with Gasteiger partial charge in [-0.2, -0.15) is 0 Å². The molecule has 9 atom stereocenters. The number of allylic oxidation sites excluding steroid dienone is 1. The average Bonchev–Trinajstić information content (AvgIpc) is 3.20. The number of rotatable bonds is 9. The Kier molecular flexibility index (Phi) is 8.09. The van der Waals surface area contributed by atoms with E-state index in [4.69, 9.17) is 4.74 Å². The molecule has 202 valence electrons. The van der Waals surface area contributed by atoms with Gasteiger partial charge < -0.3 is 25.2 Å². The molecule has 7 heteroatoms. The molecule has 0 radical (unpaired) electrons. The number of amides is 2. The second-order valence-corrected chi connectivity index (χ2v) is 12.6. The van der Waals surface area contributed by atoms with Gasteiger partial charge in [-0.05, 0) is 103 Å². The van der Waals surface area contributed by atoms with Crippen LogP contribution in [0.2, 0.25) is 0 Å². The molecule has 3 aliphatic heterocycles. The molecule has 0 aromatic carbocycles. The Morgan fingerprint density at radius 1 is 1.17 bits per heavy atom. The number of nitrogens with zero attached hydrogens (tertiary/aromatic N) is 2. The summed E-state index contributed by atoms with van der Waals surface area (Å²) in [5.41, 5.74) is 1.18. The molecule has 7 nitrogen and oxygen atoms in total. The second-order valence-electron chi connectivity index (χ2n) is 12.6. The summed E-state index contributed by atoms with van der Waals surface area (Å²) in [6, 6.07) is 1.11. The number of piperidine rings is 2. The quantitative estimate of drug-likeness (QED) is 0.376. The fraction of sp³-hybridized carbons (Fsp3) is 0.862. The molecule has 5 rings (SSSR count). The van der Waals surface area contributed by atoms with E-state index >= 15 is 0 Å². The van der Waals surface area contributed by atoms with Crippen molar-refractivity contribution in [3.63, 3.8) is 0 Å². The van der Waals surface area contributed by atoms with E-state index in [0.717, 1.165) is 51.6 Å². The minimum absolute atomic E-state index is 0.0185. The Hall–Kier alpha value is -1.44. The van der Waals surface area contributed by atoms with E-state index < -0.39 is 0 Å². The summed E-state index contributed by atoms with van der Waals surface area (Å²) in [6.45, 7) is 9.21. The number of fused-ring (bicyclic) bond motifs is 5. The minimum atomic E-state index is -0.0185. The maximum Gasteiger partial charge on any atom is 0.246 e. The Bertz CT molecular complexity index is 831. The van der Waals surface area contributed by atoms with E-state index in [-0.39, 0.29) is 24.5 Å². The van der Waals surface area contributed by atoms with Gasteiger partial charge in [0.05, 0.1) is 12.1 Å². The van der Waals surface area contributed by atoms with Gasteiger partial charge in [-0.3, -0.25) is 9.59 Å². The van der Waals surface area contributed by atoms with E-state index in [2.05, 4.69) is 33.9 Å². The van der Waals surface area contributed by atoms with Gasteiger partial charge in [0, 0.05) is 24.5 Å². The molecule has 3 heterocycles. The van der Waals surface area contributed by atoms with Crippen molar-refractivity contribution in [3.05, 3.63) is 12.2 Å². The predicted octanol–water partition coefficient (Wildman–Crippen LogP) is 2.81. The predicted molar refractivity (Wildman–Crippen MR) is 141 cm³/mol. The highest BCUT2D eigenvalue weighted by Gasteiger charge is 2.63. The lowest BCUT2D eigenvalue weighted by atomic mass is 9.63. The first-order valence-electron chi connectivity index (χ1n) is 14.6. The zero-order valence-electron chi connectivity index (χ0n) is 22.7. The first-order chi connectivity index (χ1) is 17.4. The maximum absolute atomic E-state index is 13.9. The summed E-state index contributed by atoms with van der Waals surface area (Å²) >= 11 is 0. The van der Waals surface area contributed by atoms with Gasteiger partial charge in [-0.15, -0.1) is 6.58 Å². The van der Waals surface area contributed by atoms with Crippen LogP contribution in [0.25, 0.3) is 0 Å². The summed E-state index contributed by atoms with van der Waals surface area (Å²) in [7, 11) is 4.09. The lowest BCUT2D eigenvalue weighted by molar-refractivity contribution is -0.152. The number of hydrogen-bond donors (Lipinski definition) is 2. The standard InChI is InChI=1S/C29H48N4O3/c1-18(2)16-22-24(36-17-25(34)30-13-7-15-32(3)4)11-10-23-26(22)21-12-14-31-27-19-8-5-6-9-20(19)29(35)33(23)28(21)27/h19-24,26-28,31H,1,5-17H2,2-4H3,(H,30,34). The molecule has 2 amide bonds. The topological polar surface area (TPSA) is 73.9 Å². The molecule has 3 saturated heterocycles. The van der Waals surface area contributed by atoms with Gasteiger partial charge in [-0.25, -0.2) is 0 Å². The lowest BCUT2D eigenvalue weighted by Crippen LogP contribution is -2.66. The largest absolute Gasteiger partial charge is 0.368 e. The number of nitrogens with one attached hydrogen (secondary N) is 2. The van der Waals surface area contributed by atoms with Crippen molar-refractivity contribution in [1.82, 2.24) is 20.4 Å². The minimum Gasteiger partial charge on any atom is -0.368 e. The molecule has 2 N–H and O–H groups in total. The summed E-state index contributed by atoms with van der Waals surface area (Å²) in [4.78, 5) is 31.0. The maximum atomic E-state index is 13.9. The molecule has 5 aliphatic rings. The first kappa shape index (κ1) is 26.2. The van der Waals surface area contributed by atoms with Gasteiger partial charge in [0.25, 0.3) is 0 Å². The monoisotopic (exact) mass is 500 g/mol. The molecule has 2 saturated carbocycles. The van der Waals surface area contributed by atoms with Crippen LogP contribution in [0.3, 0.4) is 0 Å². The van der Waals surface area contributed by atoms with Crippen molar-refractivity contribution < 1.29 is 14.3 Å². The lowest BCUT2D eigenvalue weighted by Gasteiger charge is -2.52. The van der Waals surface area contributed by atoms with Crippen LogP contribution < -0.4 is 10.6 Å². The number of carbonyl (C=O) groups is 2. The zero-order valence-corrected chi connectivity index (χ0v) is 22.7. The highest BCUT2D eigenvalue weighted by atomic mass is 16.5. The highest BCUT2D eigenvalue weighted by Crippen LogP contribution is 2.56. The van der Waals surface area contributed by atoms with Crippen LogP contribution in [0.5, 0.6) is 0 Å². The van der Waals surface area contributed by atoms with Crippen molar-refractivity contribution in [3.8, 4) is 0 Å². The SMILES string of the molecule is C=C(C)CC1C(OCC(=O)NCCCN(C)C)CCC2C1C1CCNC3C4CCCCC4C(=O)N2C13. The summed E-state index contributed by atoms with van der Waals surface area (Å²) in [5.74, 6) is 2.47. The average molecular weight is 501 g/mol. The highest BCUT2D eigenvalue weighted by molar-refractivity contribution is 5.82. The molecule has 2 aliphatic carbocycles. The molecular formula is C29H48N4O3. The molecule has 5 fully saturated rings. The van der Waals surface area contributed by atoms with Crippen molar-refractivity contribution in [1.29, 1.82) is 0 Å². The van der Waals surface area contributed by atoms with Crippen LogP contribution in [0.1, 0.15) is 64.7 Å². The van der Waals surface area contributed by atoms with Crippen LogP contribution in [0, 0.1) is 29.6 Å². The summed E-state index contributed by atoms with van der Waals surface area (Å²) < 4.78 is 6.37. The van der Waals surface area contributed by atoms with E-state index in [0.29, 0.717) is 54.2 Å². The van der Waals surface area contributed by atoms with E-state index in [1.165, 1.54) is 24.8 Å². The van der Waals surface area contributed by atoms with Crippen LogP contribution in [0.15, 0.2) is 12.2 Å². The molecule has 0 bridgehead atoms. The van der Waals surface area contributed by atoms with Gasteiger partial charge in [0.15, 0.2) is 0 Å². The summed E-state index contributed by atoms with van der Waals surface area (Å²) in [6.07, 6.45) is 9.70. The van der Waals surface area contributed by atoms with Gasteiger partial charge in [-0.1, -0.05) is 18.4 Å². The Labute approximate surface area is 217 Å². The van der Waals surface area contributed by atoms with Crippen molar-refractivity contribution >= 4 is 11.8 Å². The van der Waals surface area contributed by atoms with Crippen molar-refractivity contribution in [2.45, 2.75) is 88.9 Å². The molecule has 0 aromatic rings. The second kappa shape index (κ2) is 11.1. The zero-order chi connectivity index (χ0) is 25.4. The summed E-state index contributed by atoms with van der Waals surface area (Å²) in [5, 5.41) is 6.91. The Morgan fingerprint density at radius 2 is 1.97 bits per heavy atom. The van der Waals surface area contributed by atoms with E-state index in [1.807, 2.05) is 14.1 Å². The van der Waals surface area contributed by atoms with Gasteiger partial charge >= 0.3 is 0 Å². The van der Waals surface area contributed by atoms with Crippen LogP contribution in [0.4, 0.5) is 0 Å². The van der Waals surface area contributed by atoms with Crippen molar-refractivity contribution in [2.75, 3.05) is 40.3 Å². The Balaban J connectivity index is 1.30. The third kappa shape index (κ3) is 5.00. The van der Waals surface area contributed by atoms with E-state index in [1.54, 1.807) is 0 Å². The Morgan fingerprint density at radius 3 is 2.75 bits per heavy atom.